The first kappa shape index (κ1) is 16.0. The maximum absolute atomic E-state index is 12.0. The minimum absolute atomic E-state index is 0.187. The van der Waals surface area contributed by atoms with E-state index in [1.807, 2.05) is 30.3 Å². The predicted molar refractivity (Wildman–Crippen MR) is 82.2 cm³/mol. The van der Waals surface area contributed by atoms with Gasteiger partial charge in [-0.05, 0) is 31.2 Å². The maximum atomic E-state index is 12.0. The highest BCUT2D eigenvalue weighted by Gasteiger charge is 2.25. The van der Waals surface area contributed by atoms with Gasteiger partial charge in [-0.2, -0.15) is 0 Å². The Morgan fingerprint density at radius 2 is 2.00 bits per heavy atom. The van der Waals surface area contributed by atoms with Crippen molar-refractivity contribution < 1.29 is 14.3 Å². The normalized spacial score (nSPS) is 19.0. The first-order valence-corrected chi connectivity index (χ1v) is 7.66. The van der Waals surface area contributed by atoms with Crippen molar-refractivity contribution in [1.29, 1.82) is 0 Å². The first-order chi connectivity index (χ1) is 10.2. The third-order valence-electron chi connectivity index (χ3n) is 4.30. The molecular weight excluding hydrogens is 266 g/mol. The van der Waals surface area contributed by atoms with E-state index in [1.165, 1.54) is 7.11 Å². The minimum Gasteiger partial charge on any atom is -0.469 e. The Kier molecular flexibility index (Phi) is 6.21. The number of hydrogen-bond donors (Lipinski definition) is 1. The van der Waals surface area contributed by atoms with Gasteiger partial charge in [0.2, 0.25) is 0 Å². The SMILES string of the molecule is COC(=O)C(CNC(C)C1CCOCC1)c1ccccc1. The number of carbonyl (C=O) groups excluding carboxylic acids is 1. The number of carbonyl (C=O) groups is 1. The molecule has 0 aromatic heterocycles. The van der Waals surface area contributed by atoms with E-state index < -0.39 is 0 Å². The number of rotatable bonds is 6. The monoisotopic (exact) mass is 291 g/mol. The summed E-state index contributed by atoms with van der Waals surface area (Å²) in [5.41, 5.74) is 0.996. The molecule has 2 atom stereocenters. The van der Waals surface area contributed by atoms with Crippen LogP contribution in [0.1, 0.15) is 31.2 Å². The molecule has 0 amide bonds. The number of methoxy groups -OCH3 is 1. The van der Waals surface area contributed by atoms with Crippen molar-refractivity contribution in [3.63, 3.8) is 0 Å². The lowest BCUT2D eigenvalue weighted by molar-refractivity contribution is -0.142. The van der Waals surface area contributed by atoms with Crippen molar-refractivity contribution in [2.45, 2.75) is 31.7 Å². The molecule has 1 aromatic carbocycles. The third-order valence-corrected chi connectivity index (χ3v) is 4.30. The van der Waals surface area contributed by atoms with Crippen LogP contribution < -0.4 is 5.32 Å². The Morgan fingerprint density at radius 1 is 1.33 bits per heavy atom. The predicted octanol–water partition coefficient (Wildman–Crippen LogP) is 2.35. The van der Waals surface area contributed by atoms with Crippen LogP contribution in [0.4, 0.5) is 0 Å². The molecule has 2 unspecified atom stereocenters. The molecule has 0 radical (unpaired) electrons. The van der Waals surface area contributed by atoms with Gasteiger partial charge in [0.15, 0.2) is 0 Å². The van der Waals surface area contributed by atoms with Gasteiger partial charge in [-0.3, -0.25) is 4.79 Å². The molecule has 2 rings (SSSR count). The van der Waals surface area contributed by atoms with Crippen molar-refractivity contribution in [3.8, 4) is 0 Å². The van der Waals surface area contributed by atoms with Gasteiger partial charge in [0.1, 0.15) is 0 Å². The number of ether oxygens (including phenoxy) is 2. The van der Waals surface area contributed by atoms with Gasteiger partial charge in [-0.25, -0.2) is 0 Å². The van der Waals surface area contributed by atoms with E-state index in [-0.39, 0.29) is 11.9 Å². The van der Waals surface area contributed by atoms with Gasteiger partial charge in [-0.15, -0.1) is 0 Å². The molecule has 1 aromatic rings. The summed E-state index contributed by atoms with van der Waals surface area (Å²) in [5.74, 6) is 0.180. The lowest BCUT2D eigenvalue weighted by atomic mass is 9.92. The van der Waals surface area contributed by atoms with E-state index in [2.05, 4.69) is 12.2 Å². The quantitative estimate of drug-likeness (QED) is 0.817. The number of benzene rings is 1. The summed E-state index contributed by atoms with van der Waals surface area (Å²) in [5, 5.41) is 3.51. The Morgan fingerprint density at radius 3 is 2.62 bits per heavy atom. The summed E-state index contributed by atoms with van der Waals surface area (Å²) >= 11 is 0. The molecule has 1 aliphatic rings. The highest BCUT2D eigenvalue weighted by molar-refractivity contribution is 5.78. The molecule has 4 nitrogen and oxygen atoms in total. The van der Waals surface area contributed by atoms with E-state index in [9.17, 15) is 4.79 Å². The van der Waals surface area contributed by atoms with Crippen LogP contribution >= 0.6 is 0 Å². The molecule has 4 heteroatoms. The smallest absolute Gasteiger partial charge is 0.314 e. The van der Waals surface area contributed by atoms with Crippen LogP contribution in [-0.2, 0) is 14.3 Å². The van der Waals surface area contributed by atoms with Gasteiger partial charge in [-0.1, -0.05) is 30.3 Å². The maximum Gasteiger partial charge on any atom is 0.314 e. The second-order valence-corrected chi connectivity index (χ2v) is 5.63. The van der Waals surface area contributed by atoms with Crippen LogP contribution in [0.5, 0.6) is 0 Å². The van der Waals surface area contributed by atoms with E-state index in [1.54, 1.807) is 0 Å². The molecule has 1 N–H and O–H groups in total. The number of hydrogen-bond acceptors (Lipinski definition) is 4. The van der Waals surface area contributed by atoms with Gasteiger partial charge >= 0.3 is 5.97 Å². The van der Waals surface area contributed by atoms with Crippen molar-refractivity contribution in [1.82, 2.24) is 5.32 Å². The Bertz CT molecular complexity index is 429. The second kappa shape index (κ2) is 8.15. The third kappa shape index (κ3) is 4.55. The molecule has 1 aliphatic heterocycles. The average molecular weight is 291 g/mol. The largest absolute Gasteiger partial charge is 0.469 e. The molecule has 0 saturated carbocycles. The minimum atomic E-state index is -0.251. The lowest BCUT2D eigenvalue weighted by Gasteiger charge is -2.29. The summed E-state index contributed by atoms with van der Waals surface area (Å²) in [6, 6.07) is 10.2. The van der Waals surface area contributed by atoms with Crippen molar-refractivity contribution in [3.05, 3.63) is 35.9 Å². The van der Waals surface area contributed by atoms with E-state index >= 15 is 0 Å². The standard InChI is InChI=1S/C17H25NO3/c1-13(14-8-10-21-11-9-14)18-12-16(17(19)20-2)15-6-4-3-5-7-15/h3-7,13-14,16,18H,8-12H2,1-2H3. The summed E-state index contributed by atoms with van der Waals surface area (Å²) in [7, 11) is 1.44. The molecule has 21 heavy (non-hydrogen) atoms. The van der Waals surface area contributed by atoms with E-state index in [0.29, 0.717) is 18.5 Å². The van der Waals surface area contributed by atoms with Crippen molar-refractivity contribution >= 4 is 5.97 Å². The number of esters is 1. The Balaban J connectivity index is 1.94. The first-order valence-electron chi connectivity index (χ1n) is 7.66. The van der Waals surface area contributed by atoms with Crippen LogP contribution in [0.2, 0.25) is 0 Å². The van der Waals surface area contributed by atoms with Crippen LogP contribution in [0, 0.1) is 5.92 Å². The fraction of sp³-hybridized carbons (Fsp3) is 0.588. The molecule has 1 fully saturated rings. The Labute approximate surface area is 126 Å². The molecule has 1 heterocycles. The van der Waals surface area contributed by atoms with Gasteiger partial charge < -0.3 is 14.8 Å². The zero-order valence-corrected chi connectivity index (χ0v) is 12.9. The van der Waals surface area contributed by atoms with Crippen LogP contribution in [0.3, 0.4) is 0 Å². The molecule has 0 bridgehead atoms. The van der Waals surface area contributed by atoms with Crippen LogP contribution in [0.15, 0.2) is 30.3 Å². The van der Waals surface area contributed by atoms with Gasteiger partial charge in [0, 0.05) is 25.8 Å². The van der Waals surface area contributed by atoms with Crippen molar-refractivity contribution in [2.75, 3.05) is 26.9 Å². The zero-order valence-electron chi connectivity index (χ0n) is 12.9. The average Bonchev–Trinajstić information content (AvgIpc) is 2.56. The molecule has 1 saturated heterocycles. The second-order valence-electron chi connectivity index (χ2n) is 5.63. The van der Waals surface area contributed by atoms with Gasteiger partial charge in [0.05, 0.1) is 13.0 Å². The highest BCUT2D eigenvalue weighted by Crippen LogP contribution is 2.21. The van der Waals surface area contributed by atoms with Crippen LogP contribution in [0.25, 0.3) is 0 Å². The fourth-order valence-electron chi connectivity index (χ4n) is 2.85. The highest BCUT2D eigenvalue weighted by atomic mass is 16.5. The summed E-state index contributed by atoms with van der Waals surface area (Å²) in [4.78, 5) is 12.0. The molecule has 0 spiro atoms. The number of nitrogens with one attached hydrogen (secondary N) is 1. The summed E-state index contributed by atoms with van der Waals surface area (Å²) in [6.07, 6.45) is 2.17. The summed E-state index contributed by atoms with van der Waals surface area (Å²) in [6.45, 7) is 4.48. The topological polar surface area (TPSA) is 47.6 Å². The zero-order chi connectivity index (χ0) is 15.1. The lowest BCUT2D eigenvalue weighted by Crippen LogP contribution is -2.40. The molecular formula is C17H25NO3. The van der Waals surface area contributed by atoms with Gasteiger partial charge in [0.25, 0.3) is 0 Å². The summed E-state index contributed by atoms with van der Waals surface area (Å²) < 4.78 is 10.3. The Hall–Kier alpha value is -1.39. The van der Waals surface area contributed by atoms with Crippen molar-refractivity contribution in [2.24, 2.45) is 5.92 Å². The van der Waals surface area contributed by atoms with Crippen LogP contribution in [-0.4, -0.2) is 38.9 Å². The van der Waals surface area contributed by atoms with E-state index in [4.69, 9.17) is 9.47 Å². The fourth-order valence-corrected chi connectivity index (χ4v) is 2.85. The molecule has 116 valence electrons. The molecule has 0 aliphatic carbocycles. The van der Waals surface area contributed by atoms with E-state index in [0.717, 1.165) is 31.6 Å².